The number of amides is 1. The highest BCUT2D eigenvalue weighted by Gasteiger charge is 2.17. The summed E-state index contributed by atoms with van der Waals surface area (Å²) in [7, 11) is 1.87. The van der Waals surface area contributed by atoms with Gasteiger partial charge in [0.25, 0.3) is 0 Å². The van der Waals surface area contributed by atoms with Gasteiger partial charge in [0.05, 0.1) is 6.26 Å². The molecule has 1 amide bonds. The van der Waals surface area contributed by atoms with Gasteiger partial charge in [0.2, 0.25) is 5.91 Å². The number of aryl methyl sites for hydroxylation is 1. The zero-order valence-electron chi connectivity index (χ0n) is 11.9. The van der Waals surface area contributed by atoms with Gasteiger partial charge in [-0.25, -0.2) is 0 Å². The lowest BCUT2D eigenvalue weighted by molar-refractivity contribution is -0.130. The topological polar surface area (TPSA) is 45.5 Å². The molecule has 106 valence electrons. The van der Waals surface area contributed by atoms with Gasteiger partial charge >= 0.3 is 0 Å². The molecule has 1 N–H and O–H groups in total. The van der Waals surface area contributed by atoms with Crippen LogP contribution >= 0.6 is 0 Å². The van der Waals surface area contributed by atoms with Gasteiger partial charge in [-0.2, -0.15) is 0 Å². The Morgan fingerprint density at radius 2 is 2.21 bits per heavy atom. The number of furan rings is 1. The summed E-state index contributed by atoms with van der Waals surface area (Å²) in [4.78, 5) is 13.9. The van der Waals surface area contributed by atoms with Gasteiger partial charge in [-0.15, -0.1) is 0 Å². The molecule has 2 rings (SSSR count). The molecule has 0 aromatic carbocycles. The van der Waals surface area contributed by atoms with E-state index < -0.39 is 0 Å². The highest BCUT2D eigenvalue weighted by Crippen LogP contribution is 2.19. The van der Waals surface area contributed by atoms with Crippen LogP contribution < -0.4 is 5.32 Å². The highest BCUT2D eigenvalue weighted by molar-refractivity contribution is 5.75. The van der Waals surface area contributed by atoms with E-state index in [1.54, 1.807) is 11.2 Å². The van der Waals surface area contributed by atoms with Crippen molar-refractivity contribution < 1.29 is 9.21 Å². The average Bonchev–Trinajstić information content (AvgIpc) is 2.82. The van der Waals surface area contributed by atoms with Gasteiger partial charge in [0.15, 0.2) is 0 Å². The second kappa shape index (κ2) is 6.75. The van der Waals surface area contributed by atoms with Crippen molar-refractivity contribution in [1.82, 2.24) is 10.2 Å². The largest absolute Gasteiger partial charge is 0.469 e. The van der Waals surface area contributed by atoms with Crippen LogP contribution in [-0.2, 0) is 11.3 Å². The average molecular weight is 264 g/mol. The number of piperidine rings is 1. The van der Waals surface area contributed by atoms with E-state index in [4.69, 9.17) is 4.42 Å². The van der Waals surface area contributed by atoms with Crippen LogP contribution in [0.25, 0.3) is 0 Å². The van der Waals surface area contributed by atoms with Crippen LogP contribution in [0.2, 0.25) is 0 Å². The number of nitrogens with one attached hydrogen (secondary N) is 1. The molecule has 0 aliphatic carbocycles. The van der Waals surface area contributed by atoms with Crippen LogP contribution in [0.4, 0.5) is 0 Å². The second-order valence-electron chi connectivity index (χ2n) is 5.48. The molecule has 0 spiro atoms. The van der Waals surface area contributed by atoms with Crippen molar-refractivity contribution in [2.45, 2.75) is 39.2 Å². The number of hydrogen-bond acceptors (Lipinski definition) is 3. The van der Waals surface area contributed by atoms with Gasteiger partial charge in [0, 0.05) is 25.6 Å². The Hall–Kier alpha value is -1.29. The van der Waals surface area contributed by atoms with Crippen LogP contribution in [0.15, 0.2) is 16.7 Å². The van der Waals surface area contributed by atoms with E-state index >= 15 is 0 Å². The molecule has 1 aliphatic rings. The Kier molecular flexibility index (Phi) is 5.02. The number of carbonyl (C=O) groups excluding carboxylic acids is 1. The molecule has 0 bridgehead atoms. The van der Waals surface area contributed by atoms with Gasteiger partial charge in [-0.05, 0) is 51.3 Å². The van der Waals surface area contributed by atoms with Gasteiger partial charge in [-0.3, -0.25) is 4.79 Å². The predicted molar refractivity (Wildman–Crippen MR) is 74.7 cm³/mol. The second-order valence-corrected chi connectivity index (χ2v) is 5.48. The summed E-state index contributed by atoms with van der Waals surface area (Å²) in [5.41, 5.74) is 1.10. The molecule has 2 heterocycles. The molecule has 0 unspecified atom stereocenters. The Morgan fingerprint density at radius 1 is 1.47 bits per heavy atom. The predicted octanol–water partition coefficient (Wildman–Crippen LogP) is 2.33. The van der Waals surface area contributed by atoms with Gasteiger partial charge in [0.1, 0.15) is 5.76 Å². The number of rotatable bonds is 5. The molecule has 4 heteroatoms. The zero-order valence-corrected chi connectivity index (χ0v) is 11.9. The van der Waals surface area contributed by atoms with E-state index in [-0.39, 0.29) is 5.91 Å². The monoisotopic (exact) mass is 264 g/mol. The molecule has 4 nitrogen and oxygen atoms in total. The maximum Gasteiger partial charge on any atom is 0.222 e. The Bertz CT molecular complexity index is 408. The zero-order chi connectivity index (χ0) is 13.7. The molecule has 1 aliphatic heterocycles. The van der Waals surface area contributed by atoms with Crippen LogP contribution in [0.5, 0.6) is 0 Å². The molecule has 0 atom stereocenters. The fourth-order valence-corrected chi connectivity index (χ4v) is 2.61. The Morgan fingerprint density at radius 3 is 2.84 bits per heavy atom. The molecule has 1 aromatic rings. The quantitative estimate of drug-likeness (QED) is 0.887. The minimum atomic E-state index is 0.235. The summed E-state index contributed by atoms with van der Waals surface area (Å²) in [6.45, 7) is 4.78. The first kappa shape index (κ1) is 14.1. The van der Waals surface area contributed by atoms with E-state index in [0.717, 1.165) is 30.8 Å². The SMILES string of the molecule is Cc1occc1CN(C)C(=O)CCC1CCNCC1. The first-order chi connectivity index (χ1) is 9.16. The highest BCUT2D eigenvalue weighted by atomic mass is 16.3. The lowest BCUT2D eigenvalue weighted by Crippen LogP contribution is -2.30. The van der Waals surface area contributed by atoms with Crippen molar-refractivity contribution >= 4 is 5.91 Å². The lowest BCUT2D eigenvalue weighted by atomic mass is 9.93. The summed E-state index contributed by atoms with van der Waals surface area (Å²) in [6, 6.07) is 1.94. The van der Waals surface area contributed by atoms with Crippen LogP contribution in [0, 0.1) is 12.8 Å². The third-order valence-corrected chi connectivity index (χ3v) is 4.02. The van der Waals surface area contributed by atoms with Crippen LogP contribution in [-0.4, -0.2) is 30.9 Å². The van der Waals surface area contributed by atoms with Crippen LogP contribution in [0.3, 0.4) is 0 Å². The summed E-state index contributed by atoms with van der Waals surface area (Å²) < 4.78 is 5.26. The summed E-state index contributed by atoms with van der Waals surface area (Å²) in [6.07, 6.45) is 5.78. The van der Waals surface area contributed by atoms with Gasteiger partial charge < -0.3 is 14.6 Å². The number of nitrogens with zero attached hydrogens (tertiary/aromatic N) is 1. The normalized spacial score (nSPS) is 16.5. The molecule has 1 fully saturated rings. The summed E-state index contributed by atoms with van der Waals surface area (Å²) in [5, 5.41) is 3.36. The third-order valence-electron chi connectivity index (χ3n) is 4.02. The van der Waals surface area contributed by atoms with Crippen LogP contribution in [0.1, 0.15) is 37.0 Å². The van der Waals surface area contributed by atoms with E-state index in [1.165, 1.54) is 12.8 Å². The first-order valence-corrected chi connectivity index (χ1v) is 7.14. The maximum absolute atomic E-state index is 12.1. The number of carbonyl (C=O) groups is 1. The minimum absolute atomic E-state index is 0.235. The summed E-state index contributed by atoms with van der Waals surface area (Å²) in [5.74, 6) is 1.85. The third kappa shape index (κ3) is 4.10. The molecule has 1 aromatic heterocycles. The van der Waals surface area contributed by atoms with Crippen molar-refractivity contribution in [3.05, 3.63) is 23.7 Å². The van der Waals surface area contributed by atoms with E-state index in [2.05, 4.69) is 5.32 Å². The van der Waals surface area contributed by atoms with E-state index in [0.29, 0.717) is 18.9 Å². The van der Waals surface area contributed by atoms with Crippen molar-refractivity contribution in [3.63, 3.8) is 0 Å². The summed E-state index contributed by atoms with van der Waals surface area (Å²) >= 11 is 0. The molecule has 19 heavy (non-hydrogen) atoms. The van der Waals surface area contributed by atoms with Crippen molar-refractivity contribution in [2.24, 2.45) is 5.92 Å². The molecular weight excluding hydrogens is 240 g/mol. The van der Waals surface area contributed by atoms with Crippen molar-refractivity contribution in [1.29, 1.82) is 0 Å². The van der Waals surface area contributed by atoms with Crippen molar-refractivity contribution in [2.75, 3.05) is 20.1 Å². The minimum Gasteiger partial charge on any atom is -0.469 e. The first-order valence-electron chi connectivity index (χ1n) is 7.14. The Balaban J connectivity index is 1.74. The molecule has 0 saturated carbocycles. The standard InChI is InChI=1S/C15H24N2O2/c1-12-14(7-10-19-12)11-17(2)15(18)4-3-13-5-8-16-9-6-13/h7,10,13,16H,3-6,8-9,11H2,1-2H3. The molecular formula is C15H24N2O2. The molecule has 1 saturated heterocycles. The van der Waals surface area contributed by atoms with E-state index in [9.17, 15) is 4.79 Å². The smallest absolute Gasteiger partial charge is 0.222 e. The fourth-order valence-electron chi connectivity index (χ4n) is 2.61. The Labute approximate surface area is 115 Å². The van der Waals surface area contributed by atoms with E-state index in [1.807, 2.05) is 20.0 Å². The lowest BCUT2D eigenvalue weighted by Gasteiger charge is -2.23. The van der Waals surface area contributed by atoms with Gasteiger partial charge in [-0.1, -0.05) is 0 Å². The maximum atomic E-state index is 12.1. The fraction of sp³-hybridized carbons (Fsp3) is 0.667. The molecule has 0 radical (unpaired) electrons. The van der Waals surface area contributed by atoms with Crippen molar-refractivity contribution in [3.8, 4) is 0 Å². The number of hydrogen-bond donors (Lipinski definition) is 1.